The number of aromatic amines is 1. The average molecular weight is 418 g/mol. The Bertz CT molecular complexity index is 1070. The van der Waals surface area contributed by atoms with Crippen LogP contribution in [0.5, 0.6) is 0 Å². The Balaban J connectivity index is 1.34. The van der Waals surface area contributed by atoms with Gasteiger partial charge in [0.15, 0.2) is 0 Å². The van der Waals surface area contributed by atoms with E-state index in [9.17, 15) is 4.79 Å². The zero-order chi connectivity index (χ0) is 21.8. The van der Waals surface area contributed by atoms with Crippen molar-refractivity contribution in [2.75, 3.05) is 11.9 Å². The Morgan fingerprint density at radius 2 is 1.87 bits per heavy atom. The van der Waals surface area contributed by atoms with Crippen LogP contribution in [0, 0.1) is 13.8 Å². The molecule has 2 N–H and O–H groups in total. The van der Waals surface area contributed by atoms with Crippen LogP contribution in [0.15, 0.2) is 47.4 Å². The number of nitrogens with zero attached hydrogens (tertiary/aromatic N) is 3. The topological polar surface area (TPSA) is 73.9 Å². The van der Waals surface area contributed by atoms with Crippen molar-refractivity contribution >= 4 is 5.82 Å². The van der Waals surface area contributed by atoms with Gasteiger partial charge >= 0.3 is 0 Å². The first-order valence-electron chi connectivity index (χ1n) is 11.1. The number of likely N-dealkylation sites (tertiary alicyclic amines) is 1. The lowest BCUT2D eigenvalue weighted by Crippen LogP contribution is -2.36. The minimum atomic E-state index is -0.108. The summed E-state index contributed by atoms with van der Waals surface area (Å²) in [6.07, 6.45) is 5.71. The summed E-state index contributed by atoms with van der Waals surface area (Å²) in [5, 5.41) is 3.37. The van der Waals surface area contributed by atoms with Crippen LogP contribution in [0.1, 0.15) is 48.6 Å². The molecule has 6 nitrogen and oxygen atoms in total. The van der Waals surface area contributed by atoms with Gasteiger partial charge in [-0.3, -0.25) is 9.69 Å². The summed E-state index contributed by atoms with van der Waals surface area (Å²) < 4.78 is 0. The van der Waals surface area contributed by atoms with Crippen LogP contribution >= 0.6 is 0 Å². The third-order valence-electron chi connectivity index (χ3n) is 6.25. The minimum Gasteiger partial charge on any atom is -0.366 e. The Morgan fingerprint density at radius 3 is 2.55 bits per heavy atom. The number of aromatic nitrogens is 3. The number of piperidine rings is 1. The summed E-state index contributed by atoms with van der Waals surface area (Å²) in [5.74, 6) is 1.34. The van der Waals surface area contributed by atoms with Gasteiger partial charge in [-0.05, 0) is 63.4 Å². The molecule has 1 aliphatic rings. The highest BCUT2D eigenvalue weighted by Gasteiger charge is 2.17. The van der Waals surface area contributed by atoms with E-state index in [0.29, 0.717) is 24.0 Å². The minimum absolute atomic E-state index is 0.108. The molecule has 1 aliphatic heterocycles. The van der Waals surface area contributed by atoms with Gasteiger partial charge < -0.3 is 10.3 Å². The second-order valence-corrected chi connectivity index (χ2v) is 8.54. The van der Waals surface area contributed by atoms with Crippen molar-refractivity contribution in [2.24, 2.45) is 0 Å². The van der Waals surface area contributed by atoms with Gasteiger partial charge in [0.1, 0.15) is 11.6 Å². The first kappa shape index (κ1) is 21.2. The van der Waals surface area contributed by atoms with Crippen molar-refractivity contribution in [2.45, 2.75) is 59.2 Å². The van der Waals surface area contributed by atoms with Gasteiger partial charge in [0, 0.05) is 42.1 Å². The van der Waals surface area contributed by atoms with Crippen molar-refractivity contribution < 1.29 is 0 Å². The first-order chi connectivity index (χ1) is 15.0. The van der Waals surface area contributed by atoms with Gasteiger partial charge in [-0.25, -0.2) is 9.97 Å². The molecule has 6 heteroatoms. The molecular formula is C25H31N5O. The molecule has 1 atom stereocenters. The molecule has 3 aromatic rings. The molecule has 1 saturated heterocycles. The normalized spacial score (nSPS) is 16.9. The summed E-state index contributed by atoms with van der Waals surface area (Å²) in [4.78, 5) is 26.3. The summed E-state index contributed by atoms with van der Waals surface area (Å²) in [5.41, 5.74) is 4.66. The van der Waals surface area contributed by atoms with Crippen LogP contribution < -0.4 is 10.9 Å². The van der Waals surface area contributed by atoms with Gasteiger partial charge in [0.25, 0.3) is 5.56 Å². The van der Waals surface area contributed by atoms with E-state index < -0.39 is 0 Å². The maximum Gasteiger partial charge on any atom is 0.254 e. The Labute approximate surface area is 183 Å². The lowest BCUT2D eigenvalue weighted by Gasteiger charge is -2.33. The quantitative estimate of drug-likeness (QED) is 0.620. The molecule has 0 aliphatic carbocycles. The number of benzene rings is 1. The number of rotatable bonds is 6. The Kier molecular flexibility index (Phi) is 6.47. The maximum absolute atomic E-state index is 12.0. The predicted molar refractivity (Wildman–Crippen MR) is 125 cm³/mol. The molecule has 31 heavy (non-hydrogen) atoms. The second kappa shape index (κ2) is 9.43. The lowest BCUT2D eigenvalue weighted by atomic mass is 10.0. The van der Waals surface area contributed by atoms with Crippen LogP contribution in [0.4, 0.5) is 5.82 Å². The first-order valence-corrected chi connectivity index (χ1v) is 11.1. The number of nitrogens with one attached hydrogen (secondary N) is 2. The average Bonchev–Trinajstić information content (AvgIpc) is 2.78. The van der Waals surface area contributed by atoms with Crippen molar-refractivity contribution in [1.29, 1.82) is 0 Å². The van der Waals surface area contributed by atoms with E-state index >= 15 is 0 Å². The molecule has 0 bridgehead atoms. The van der Waals surface area contributed by atoms with E-state index in [1.807, 2.05) is 19.1 Å². The van der Waals surface area contributed by atoms with Gasteiger partial charge in [0.2, 0.25) is 0 Å². The molecular weight excluding hydrogens is 386 g/mol. The van der Waals surface area contributed by atoms with Crippen molar-refractivity contribution in [3.05, 3.63) is 75.3 Å². The third kappa shape index (κ3) is 5.20. The van der Waals surface area contributed by atoms with Crippen LogP contribution in [0.3, 0.4) is 0 Å². The molecule has 4 rings (SSSR count). The van der Waals surface area contributed by atoms with Crippen LogP contribution in [0.2, 0.25) is 0 Å². The SMILES string of the molecule is Cc1nc(-c2ccc(NCc3ccc(CN4CCCCC4C)cc3)nc2)[nH]c(=O)c1C. The number of anilines is 1. The summed E-state index contributed by atoms with van der Waals surface area (Å²) in [7, 11) is 0. The summed E-state index contributed by atoms with van der Waals surface area (Å²) in [6.45, 7) is 8.91. The van der Waals surface area contributed by atoms with E-state index in [1.54, 1.807) is 13.1 Å². The fraction of sp³-hybridized carbons (Fsp3) is 0.400. The molecule has 0 spiro atoms. The predicted octanol–water partition coefficient (Wildman–Crippen LogP) is 4.44. The van der Waals surface area contributed by atoms with Crippen molar-refractivity contribution in [1.82, 2.24) is 19.9 Å². The molecule has 1 aromatic carbocycles. The highest BCUT2D eigenvalue weighted by atomic mass is 16.1. The highest BCUT2D eigenvalue weighted by molar-refractivity contribution is 5.56. The van der Waals surface area contributed by atoms with Crippen LogP contribution in [0.25, 0.3) is 11.4 Å². The molecule has 3 heterocycles. The number of aryl methyl sites for hydroxylation is 1. The van der Waals surface area contributed by atoms with E-state index in [0.717, 1.165) is 23.6 Å². The maximum atomic E-state index is 12.0. The monoisotopic (exact) mass is 417 g/mol. The van der Waals surface area contributed by atoms with E-state index in [2.05, 4.69) is 56.4 Å². The molecule has 0 amide bonds. The molecule has 2 aromatic heterocycles. The summed E-state index contributed by atoms with van der Waals surface area (Å²) in [6, 6.07) is 13.4. The zero-order valence-corrected chi connectivity index (χ0v) is 18.6. The van der Waals surface area contributed by atoms with Gasteiger partial charge in [0.05, 0.1) is 0 Å². The second-order valence-electron chi connectivity index (χ2n) is 8.54. The largest absolute Gasteiger partial charge is 0.366 e. The molecule has 1 unspecified atom stereocenters. The van der Waals surface area contributed by atoms with Gasteiger partial charge in [-0.1, -0.05) is 30.7 Å². The molecule has 0 saturated carbocycles. The molecule has 1 fully saturated rings. The van der Waals surface area contributed by atoms with Crippen molar-refractivity contribution in [3.8, 4) is 11.4 Å². The molecule has 162 valence electrons. The number of H-pyrrole nitrogens is 1. The fourth-order valence-corrected chi connectivity index (χ4v) is 4.00. The Hall–Kier alpha value is -2.99. The van der Waals surface area contributed by atoms with Crippen LogP contribution in [-0.2, 0) is 13.1 Å². The zero-order valence-electron chi connectivity index (χ0n) is 18.6. The summed E-state index contributed by atoms with van der Waals surface area (Å²) >= 11 is 0. The smallest absolute Gasteiger partial charge is 0.254 e. The van der Waals surface area contributed by atoms with E-state index in [-0.39, 0.29) is 5.56 Å². The third-order valence-corrected chi connectivity index (χ3v) is 6.25. The molecule has 0 radical (unpaired) electrons. The van der Waals surface area contributed by atoms with Gasteiger partial charge in [-0.15, -0.1) is 0 Å². The van der Waals surface area contributed by atoms with Crippen molar-refractivity contribution in [3.63, 3.8) is 0 Å². The lowest BCUT2D eigenvalue weighted by molar-refractivity contribution is 0.152. The Morgan fingerprint density at radius 1 is 1.10 bits per heavy atom. The highest BCUT2D eigenvalue weighted by Crippen LogP contribution is 2.20. The van der Waals surface area contributed by atoms with Gasteiger partial charge in [-0.2, -0.15) is 0 Å². The number of hydrogen-bond acceptors (Lipinski definition) is 5. The standard InChI is InChI=1S/C25H31N5O/c1-17-6-4-5-13-30(17)16-21-9-7-20(8-10-21)14-26-23-12-11-22(15-27-23)24-28-19(3)18(2)25(31)29-24/h7-12,15,17H,4-6,13-14,16H2,1-3H3,(H,26,27)(H,28,29,31). The van der Waals surface area contributed by atoms with Crippen LogP contribution in [-0.4, -0.2) is 32.4 Å². The number of pyridine rings is 1. The van der Waals surface area contributed by atoms with E-state index in [4.69, 9.17) is 0 Å². The van der Waals surface area contributed by atoms with E-state index in [1.165, 1.54) is 36.9 Å². The number of hydrogen-bond donors (Lipinski definition) is 2. The fourth-order valence-electron chi connectivity index (χ4n) is 4.00.